The van der Waals surface area contributed by atoms with Gasteiger partial charge in [-0.2, -0.15) is 0 Å². The summed E-state index contributed by atoms with van der Waals surface area (Å²) in [5.74, 6) is -0.798. The maximum atomic E-state index is 13.4. The zero-order chi connectivity index (χ0) is 22.5. The van der Waals surface area contributed by atoms with Crippen molar-refractivity contribution >= 4 is 44.6 Å². The summed E-state index contributed by atoms with van der Waals surface area (Å²) < 4.78 is 19.3. The number of aliphatic carboxylic acids is 1. The maximum Gasteiger partial charge on any atom is 0.307 e. The minimum atomic E-state index is -0.888. The van der Waals surface area contributed by atoms with Crippen LogP contribution in [-0.2, 0) is 11.2 Å². The van der Waals surface area contributed by atoms with Gasteiger partial charge in [0.15, 0.2) is 0 Å². The van der Waals surface area contributed by atoms with Crippen LogP contribution < -0.4 is 4.74 Å². The molecule has 0 aliphatic rings. The van der Waals surface area contributed by atoms with Crippen molar-refractivity contribution in [2.24, 2.45) is 10.9 Å². The third kappa shape index (κ3) is 5.26. The first kappa shape index (κ1) is 21.8. The van der Waals surface area contributed by atoms with Crippen molar-refractivity contribution in [3.8, 4) is 5.75 Å². The molecule has 0 amide bonds. The Morgan fingerprint density at radius 1 is 1.22 bits per heavy atom. The minimum absolute atomic E-state index is 0.255. The quantitative estimate of drug-likeness (QED) is 0.293. The number of aromatic nitrogens is 2. The molecular weight excluding hydrogens is 429 g/mol. The lowest BCUT2D eigenvalue weighted by Crippen LogP contribution is -2.21. The summed E-state index contributed by atoms with van der Waals surface area (Å²) >= 11 is 1.37. The summed E-state index contributed by atoms with van der Waals surface area (Å²) in [4.78, 5) is 23.5. The van der Waals surface area contributed by atoms with Gasteiger partial charge < -0.3 is 14.8 Å². The lowest BCUT2D eigenvalue weighted by Gasteiger charge is -2.13. The van der Waals surface area contributed by atoms with Crippen LogP contribution in [0.2, 0.25) is 0 Å². The molecule has 0 aliphatic heterocycles. The predicted molar refractivity (Wildman–Crippen MR) is 126 cm³/mol. The number of carbonyl (C=O) groups is 1. The SMILES string of the molecule is CN=C(COc1ccc2ncccc2c1)SCC(Cc1cc2ccc(F)cc2[nH]1)C(=O)O. The number of H-pyrrole nitrogens is 1. The monoisotopic (exact) mass is 451 g/mol. The smallest absolute Gasteiger partial charge is 0.307 e. The van der Waals surface area contributed by atoms with Crippen molar-refractivity contribution in [2.75, 3.05) is 19.4 Å². The van der Waals surface area contributed by atoms with E-state index in [2.05, 4.69) is 15.0 Å². The third-order valence-electron chi connectivity index (χ3n) is 5.09. The number of carboxylic acids is 1. The molecule has 2 aromatic carbocycles. The molecule has 2 aromatic heterocycles. The molecular formula is C24H22FN3O3S. The van der Waals surface area contributed by atoms with Crippen LogP contribution in [-0.4, -0.2) is 45.5 Å². The Labute approximate surface area is 188 Å². The molecule has 8 heteroatoms. The predicted octanol–water partition coefficient (Wildman–Crippen LogP) is 4.94. The number of nitrogens with one attached hydrogen (secondary N) is 1. The van der Waals surface area contributed by atoms with Gasteiger partial charge in [-0.05, 0) is 53.9 Å². The third-order valence-corrected chi connectivity index (χ3v) is 6.30. The highest BCUT2D eigenvalue weighted by Crippen LogP contribution is 2.23. The van der Waals surface area contributed by atoms with Gasteiger partial charge in [0.1, 0.15) is 23.2 Å². The molecule has 0 fully saturated rings. The van der Waals surface area contributed by atoms with E-state index in [9.17, 15) is 14.3 Å². The minimum Gasteiger partial charge on any atom is -0.487 e. The van der Waals surface area contributed by atoms with E-state index in [1.165, 1.54) is 23.9 Å². The zero-order valence-electron chi connectivity index (χ0n) is 17.4. The Kier molecular flexibility index (Phi) is 6.70. The van der Waals surface area contributed by atoms with Crippen LogP contribution >= 0.6 is 11.8 Å². The fourth-order valence-corrected chi connectivity index (χ4v) is 4.33. The van der Waals surface area contributed by atoms with E-state index < -0.39 is 11.9 Å². The average molecular weight is 452 g/mol. The number of halogens is 1. The molecule has 2 heterocycles. The molecule has 4 aromatic rings. The van der Waals surface area contributed by atoms with Gasteiger partial charge in [-0.3, -0.25) is 14.8 Å². The highest BCUT2D eigenvalue weighted by Gasteiger charge is 2.20. The fourth-order valence-electron chi connectivity index (χ4n) is 3.41. The van der Waals surface area contributed by atoms with Gasteiger partial charge in [-0.25, -0.2) is 4.39 Å². The van der Waals surface area contributed by atoms with Gasteiger partial charge in [0.05, 0.1) is 11.4 Å². The standard InChI is InChI=1S/C24H22FN3O3S/c1-26-23(13-31-20-6-7-21-15(11-20)3-2-8-27-21)32-14-17(24(29)30)10-19-9-16-4-5-18(25)12-22(16)28-19/h2-9,11-12,17,28H,10,13-14H2,1H3,(H,29,30). The lowest BCUT2D eigenvalue weighted by atomic mass is 10.1. The van der Waals surface area contributed by atoms with E-state index >= 15 is 0 Å². The lowest BCUT2D eigenvalue weighted by molar-refractivity contribution is -0.140. The van der Waals surface area contributed by atoms with E-state index in [1.807, 2.05) is 36.4 Å². The van der Waals surface area contributed by atoms with Crippen LogP contribution in [0.1, 0.15) is 5.69 Å². The Hall–Kier alpha value is -3.39. The molecule has 2 N–H and O–H groups in total. The maximum absolute atomic E-state index is 13.4. The van der Waals surface area contributed by atoms with E-state index in [0.29, 0.717) is 28.5 Å². The van der Waals surface area contributed by atoms with E-state index in [0.717, 1.165) is 22.0 Å². The number of hydrogen-bond acceptors (Lipinski definition) is 5. The highest BCUT2D eigenvalue weighted by atomic mass is 32.2. The van der Waals surface area contributed by atoms with Crippen molar-refractivity contribution < 1.29 is 19.0 Å². The van der Waals surface area contributed by atoms with E-state index in [4.69, 9.17) is 4.74 Å². The summed E-state index contributed by atoms with van der Waals surface area (Å²) in [5.41, 5.74) is 2.31. The second-order valence-corrected chi connectivity index (χ2v) is 8.43. The molecule has 0 bridgehead atoms. The van der Waals surface area contributed by atoms with Crippen LogP contribution in [0.3, 0.4) is 0 Å². The number of benzene rings is 2. The van der Waals surface area contributed by atoms with Gasteiger partial charge in [0, 0.05) is 42.0 Å². The molecule has 1 unspecified atom stereocenters. The molecule has 164 valence electrons. The molecule has 0 saturated carbocycles. The van der Waals surface area contributed by atoms with Gasteiger partial charge in [0.2, 0.25) is 0 Å². The number of thioether (sulfide) groups is 1. The first-order valence-corrected chi connectivity index (χ1v) is 11.1. The largest absolute Gasteiger partial charge is 0.487 e. The number of hydrogen-bond donors (Lipinski definition) is 2. The second kappa shape index (κ2) is 9.82. The normalized spacial score (nSPS) is 12.9. The van der Waals surface area contributed by atoms with E-state index in [-0.39, 0.29) is 12.4 Å². The summed E-state index contributed by atoms with van der Waals surface area (Å²) in [6.45, 7) is 0.255. The summed E-state index contributed by atoms with van der Waals surface area (Å²) in [6, 6.07) is 15.8. The van der Waals surface area contributed by atoms with Gasteiger partial charge in [-0.1, -0.05) is 6.07 Å². The van der Waals surface area contributed by atoms with Gasteiger partial charge in [0.25, 0.3) is 0 Å². The van der Waals surface area contributed by atoms with Gasteiger partial charge in [-0.15, -0.1) is 11.8 Å². The Morgan fingerprint density at radius 2 is 2.09 bits per heavy atom. The second-order valence-electron chi connectivity index (χ2n) is 7.34. The summed E-state index contributed by atoms with van der Waals surface area (Å²) in [7, 11) is 1.66. The van der Waals surface area contributed by atoms with E-state index in [1.54, 1.807) is 19.3 Å². The number of pyridine rings is 1. The average Bonchev–Trinajstić information content (AvgIpc) is 3.19. The van der Waals surface area contributed by atoms with Crippen molar-refractivity contribution in [3.05, 3.63) is 72.3 Å². The Balaban J connectivity index is 1.36. The topological polar surface area (TPSA) is 87.6 Å². The number of fused-ring (bicyclic) bond motifs is 2. The first-order valence-electron chi connectivity index (χ1n) is 10.1. The highest BCUT2D eigenvalue weighted by molar-refractivity contribution is 8.14. The number of ether oxygens (including phenoxy) is 1. The summed E-state index contributed by atoms with van der Waals surface area (Å²) in [5, 5.41) is 12.2. The first-order chi connectivity index (χ1) is 15.5. The number of rotatable bonds is 8. The molecule has 0 saturated heterocycles. The molecule has 4 rings (SSSR count). The van der Waals surface area contributed by atoms with Crippen molar-refractivity contribution in [1.29, 1.82) is 0 Å². The van der Waals surface area contributed by atoms with Crippen LogP contribution in [0, 0.1) is 11.7 Å². The Bertz CT molecular complexity index is 1290. The van der Waals surface area contributed by atoms with Crippen molar-refractivity contribution in [1.82, 2.24) is 9.97 Å². The van der Waals surface area contributed by atoms with Crippen LogP contribution in [0.4, 0.5) is 4.39 Å². The molecule has 32 heavy (non-hydrogen) atoms. The molecule has 6 nitrogen and oxygen atoms in total. The number of aliphatic imine (C=N–C) groups is 1. The van der Waals surface area contributed by atoms with Crippen molar-refractivity contribution in [3.63, 3.8) is 0 Å². The number of aromatic amines is 1. The molecule has 0 aliphatic carbocycles. The fraction of sp³-hybridized carbons (Fsp3) is 0.208. The number of nitrogens with zero attached hydrogens (tertiary/aromatic N) is 2. The summed E-state index contributed by atoms with van der Waals surface area (Å²) in [6.07, 6.45) is 2.06. The number of carboxylic acid groups (broad SMARTS) is 1. The van der Waals surface area contributed by atoms with Gasteiger partial charge >= 0.3 is 5.97 Å². The zero-order valence-corrected chi connectivity index (χ0v) is 18.2. The van der Waals surface area contributed by atoms with Crippen LogP contribution in [0.15, 0.2) is 65.8 Å². The molecule has 0 radical (unpaired) electrons. The van der Waals surface area contributed by atoms with Crippen molar-refractivity contribution in [2.45, 2.75) is 6.42 Å². The Morgan fingerprint density at radius 3 is 2.91 bits per heavy atom. The molecule has 1 atom stereocenters. The molecule has 0 spiro atoms. The van der Waals surface area contributed by atoms with Crippen LogP contribution in [0.5, 0.6) is 5.75 Å². The van der Waals surface area contributed by atoms with Crippen LogP contribution in [0.25, 0.3) is 21.8 Å².